The van der Waals surface area contributed by atoms with E-state index in [0.717, 1.165) is 27.7 Å². The van der Waals surface area contributed by atoms with Crippen molar-refractivity contribution in [2.75, 3.05) is 0 Å². The molecule has 11 heteroatoms. The highest BCUT2D eigenvalue weighted by atomic mass is 16.4. The maximum absolute atomic E-state index is 9.00. The fourth-order valence-electron chi connectivity index (χ4n) is 0. The lowest BCUT2D eigenvalue weighted by atomic mass is 10.2. The van der Waals surface area contributed by atoms with E-state index < -0.39 is 23.9 Å². The summed E-state index contributed by atoms with van der Waals surface area (Å²) in [7, 11) is 0. The van der Waals surface area contributed by atoms with Crippen LogP contribution < -0.4 is 11.5 Å². The fourth-order valence-corrected chi connectivity index (χ4v) is 0. The summed E-state index contributed by atoms with van der Waals surface area (Å²) in [4.78, 5) is 36.0. The van der Waals surface area contributed by atoms with Crippen LogP contribution in [0.15, 0.2) is 0 Å². The molecule has 10 N–H and O–H groups in total. The topological polar surface area (TPSA) is 233 Å². The second kappa shape index (κ2) is 28.0. The van der Waals surface area contributed by atoms with Crippen LogP contribution in [0.3, 0.4) is 0 Å². The predicted molar refractivity (Wildman–Crippen MR) is 84.2 cm³/mol. The van der Waals surface area contributed by atoms with Crippen LogP contribution >= 0.6 is 0 Å². The highest BCUT2D eigenvalue weighted by Crippen LogP contribution is 1.77. The van der Waals surface area contributed by atoms with Gasteiger partial charge in [-0.15, -0.1) is 0 Å². The first-order valence-electron chi connectivity index (χ1n) is 5.87. The molecule has 0 aliphatic rings. The maximum Gasteiger partial charge on any atom is 0.300 e. The van der Waals surface area contributed by atoms with Crippen molar-refractivity contribution in [3.63, 3.8) is 0 Å². The Balaban J connectivity index is -0.0000000393. The largest absolute Gasteiger partial charge is 0.481 e. The molecule has 0 aliphatic carbocycles. The second-order valence-corrected chi connectivity index (χ2v) is 3.79. The molecule has 0 aliphatic heterocycles. The average molecular weight is 346 g/mol. The zero-order valence-corrected chi connectivity index (χ0v) is 14.2. The molecule has 0 aromatic heterocycles. The van der Waals surface area contributed by atoms with Crippen molar-refractivity contribution in [1.29, 1.82) is 0 Å². The standard InChI is InChI=1S/C4H12N2.4C2H4O2.H2O/c1-3(5)4(2)6;4*1-2(3)4;/h3-4H,5-6H2,1-2H3;4*1H3,(H,3,4);1H2. The number of hydrogen-bond donors (Lipinski definition) is 6. The highest BCUT2D eigenvalue weighted by molar-refractivity contribution is 5.63. The molecule has 2 unspecified atom stereocenters. The van der Waals surface area contributed by atoms with Crippen LogP contribution in [0.2, 0.25) is 0 Å². The molecular formula is C12H30N2O9. The van der Waals surface area contributed by atoms with Gasteiger partial charge in [0.2, 0.25) is 0 Å². The van der Waals surface area contributed by atoms with Crippen molar-refractivity contribution in [2.24, 2.45) is 11.5 Å². The van der Waals surface area contributed by atoms with Crippen LogP contribution in [0.1, 0.15) is 41.5 Å². The quantitative estimate of drug-likeness (QED) is 0.346. The van der Waals surface area contributed by atoms with E-state index in [1.165, 1.54) is 0 Å². The molecule has 0 radical (unpaired) electrons. The van der Waals surface area contributed by atoms with E-state index in [1.807, 2.05) is 13.8 Å². The molecule has 11 nitrogen and oxygen atoms in total. The molecular weight excluding hydrogens is 316 g/mol. The van der Waals surface area contributed by atoms with E-state index in [9.17, 15) is 0 Å². The molecule has 0 amide bonds. The summed E-state index contributed by atoms with van der Waals surface area (Å²) in [5.74, 6) is -3.33. The molecule has 0 aromatic carbocycles. The molecule has 0 aromatic rings. The van der Waals surface area contributed by atoms with E-state index in [2.05, 4.69) is 0 Å². The van der Waals surface area contributed by atoms with Crippen LogP contribution in [0.25, 0.3) is 0 Å². The van der Waals surface area contributed by atoms with Crippen molar-refractivity contribution in [1.82, 2.24) is 0 Å². The fraction of sp³-hybridized carbons (Fsp3) is 0.667. The van der Waals surface area contributed by atoms with Crippen molar-refractivity contribution in [3.8, 4) is 0 Å². The summed E-state index contributed by atoms with van der Waals surface area (Å²) in [6, 6.07) is 0.259. The second-order valence-electron chi connectivity index (χ2n) is 3.79. The number of rotatable bonds is 1. The first-order chi connectivity index (χ1) is 9.57. The van der Waals surface area contributed by atoms with E-state index in [1.54, 1.807) is 0 Å². The number of carboxylic acid groups (broad SMARTS) is 4. The zero-order chi connectivity index (χ0) is 19.5. The molecule has 0 fully saturated rings. The summed E-state index contributed by atoms with van der Waals surface area (Å²) in [5, 5.41) is 29.7. The Morgan fingerprint density at radius 3 is 0.652 bits per heavy atom. The Bertz CT molecular complexity index is 235. The van der Waals surface area contributed by atoms with Crippen LogP contribution in [0.4, 0.5) is 0 Å². The summed E-state index contributed by atoms with van der Waals surface area (Å²) < 4.78 is 0. The molecule has 0 saturated heterocycles. The molecule has 23 heavy (non-hydrogen) atoms. The molecule has 2 atom stereocenters. The Morgan fingerprint density at radius 1 is 0.609 bits per heavy atom. The minimum absolute atomic E-state index is 0. The molecule has 142 valence electrons. The predicted octanol–water partition coefficient (Wildman–Crippen LogP) is -0.780. The zero-order valence-electron chi connectivity index (χ0n) is 14.2. The maximum atomic E-state index is 9.00. The number of nitrogens with two attached hydrogens (primary N) is 2. The Hall–Kier alpha value is -2.24. The third kappa shape index (κ3) is 2010. The molecule has 0 rings (SSSR count). The summed E-state index contributed by atoms with van der Waals surface area (Å²) in [6.45, 7) is 8.12. The van der Waals surface area contributed by atoms with E-state index >= 15 is 0 Å². The lowest BCUT2D eigenvalue weighted by Gasteiger charge is -2.06. The Morgan fingerprint density at radius 2 is 0.652 bits per heavy atom. The Labute approximate surface area is 135 Å². The van der Waals surface area contributed by atoms with Gasteiger partial charge in [0.1, 0.15) is 0 Å². The molecule has 0 spiro atoms. The van der Waals surface area contributed by atoms with Gasteiger partial charge >= 0.3 is 0 Å². The highest BCUT2D eigenvalue weighted by Gasteiger charge is 1.96. The lowest BCUT2D eigenvalue weighted by Crippen LogP contribution is -2.35. The van der Waals surface area contributed by atoms with Crippen LogP contribution in [-0.2, 0) is 19.2 Å². The van der Waals surface area contributed by atoms with Gasteiger partial charge in [-0.3, -0.25) is 19.2 Å². The average Bonchev–Trinajstić information content (AvgIpc) is 2.12. The third-order valence-electron chi connectivity index (χ3n) is 0.829. The van der Waals surface area contributed by atoms with Gasteiger partial charge in [0, 0.05) is 39.8 Å². The number of aliphatic carboxylic acids is 4. The van der Waals surface area contributed by atoms with E-state index in [4.69, 9.17) is 51.1 Å². The minimum atomic E-state index is -0.833. The van der Waals surface area contributed by atoms with Gasteiger partial charge in [-0.1, -0.05) is 0 Å². The van der Waals surface area contributed by atoms with Gasteiger partial charge in [0.05, 0.1) is 0 Å². The van der Waals surface area contributed by atoms with Crippen LogP contribution in [-0.4, -0.2) is 61.9 Å². The monoisotopic (exact) mass is 346 g/mol. The molecule has 0 bridgehead atoms. The molecule has 0 heterocycles. The summed E-state index contributed by atoms with van der Waals surface area (Å²) in [6.07, 6.45) is 0. The van der Waals surface area contributed by atoms with Crippen molar-refractivity contribution < 1.29 is 45.1 Å². The van der Waals surface area contributed by atoms with Crippen LogP contribution in [0.5, 0.6) is 0 Å². The lowest BCUT2D eigenvalue weighted by molar-refractivity contribution is -0.135. The number of carbonyl (C=O) groups is 4. The van der Waals surface area contributed by atoms with Crippen molar-refractivity contribution in [3.05, 3.63) is 0 Å². The number of carboxylic acids is 4. The normalized spacial score (nSPS) is 9.57. The van der Waals surface area contributed by atoms with Gasteiger partial charge in [-0.2, -0.15) is 0 Å². The van der Waals surface area contributed by atoms with E-state index in [0.29, 0.717) is 0 Å². The molecule has 0 saturated carbocycles. The van der Waals surface area contributed by atoms with Crippen molar-refractivity contribution in [2.45, 2.75) is 53.6 Å². The summed E-state index contributed by atoms with van der Waals surface area (Å²) in [5.41, 5.74) is 10.6. The summed E-state index contributed by atoms with van der Waals surface area (Å²) >= 11 is 0. The minimum Gasteiger partial charge on any atom is -0.481 e. The first kappa shape index (κ1) is 37.2. The van der Waals surface area contributed by atoms with E-state index in [-0.39, 0.29) is 17.6 Å². The van der Waals surface area contributed by atoms with Crippen LogP contribution in [0, 0.1) is 0 Å². The smallest absolute Gasteiger partial charge is 0.300 e. The first-order valence-corrected chi connectivity index (χ1v) is 5.87. The van der Waals surface area contributed by atoms with Gasteiger partial charge < -0.3 is 37.4 Å². The SMILES string of the molecule is CC(=O)O.CC(=O)O.CC(=O)O.CC(=O)O.CC(N)C(C)N.O. The van der Waals surface area contributed by atoms with Gasteiger partial charge in [0.15, 0.2) is 0 Å². The third-order valence-corrected chi connectivity index (χ3v) is 0.829. The Kier molecular flexibility index (Phi) is 45.3. The van der Waals surface area contributed by atoms with Crippen molar-refractivity contribution >= 4 is 23.9 Å². The number of hydrogen-bond acceptors (Lipinski definition) is 6. The van der Waals surface area contributed by atoms with Gasteiger partial charge in [-0.25, -0.2) is 0 Å². The van der Waals surface area contributed by atoms with Gasteiger partial charge in [0.25, 0.3) is 23.9 Å². The van der Waals surface area contributed by atoms with Gasteiger partial charge in [-0.05, 0) is 13.8 Å².